The Kier molecular flexibility index (Phi) is 5.01. The zero-order valence-corrected chi connectivity index (χ0v) is 12.2. The molecule has 0 amide bonds. The summed E-state index contributed by atoms with van der Waals surface area (Å²) in [6, 6.07) is 5.27. The Bertz CT molecular complexity index is 397. The van der Waals surface area contributed by atoms with Crippen LogP contribution in [0, 0.1) is 5.82 Å². The summed E-state index contributed by atoms with van der Waals surface area (Å²) in [5.74, 6) is -0.135. The van der Waals surface area contributed by atoms with Crippen molar-refractivity contribution < 1.29 is 9.13 Å². The summed E-state index contributed by atoms with van der Waals surface area (Å²) < 4.78 is 19.7. The van der Waals surface area contributed by atoms with E-state index in [0.717, 1.165) is 43.8 Å². The summed E-state index contributed by atoms with van der Waals surface area (Å²) in [5.41, 5.74) is 1.74. The molecule has 0 aliphatic carbocycles. The number of alkyl halides is 1. The van der Waals surface area contributed by atoms with Crippen LogP contribution in [-0.4, -0.2) is 25.8 Å². The van der Waals surface area contributed by atoms with E-state index < -0.39 is 0 Å². The lowest BCUT2D eigenvalue weighted by atomic mass is 10.1. The molecule has 1 saturated heterocycles. The van der Waals surface area contributed by atoms with Crippen molar-refractivity contribution in [1.82, 2.24) is 0 Å². The van der Waals surface area contributed by atoms with Crippen LogP contribution in [0.1, 0.15) is 25.3 Å². The van der Waals surface area contributed by atoms with Gasteiger partial charge in [0.15, 0.2) is 0 Å². The van der Waals surface area contributed by atoms with Gasteiger partial charge < -0.3 is 9.64 Å². The first-order valence-electron chi connectivity index (χ1n) is 6.46. The molecule has 2 nitrogen and oxygen atoms in total. The maximum absolute atomic E-state index is 14.0. The SMILES string of the molecule is CCOC1CCCN(c2c(F)cccc2CBr)C1. The minimum absolute atomic E-state index is 0.135. The van der Waals surface area contributed by atoms with Crippen LogP contribution in [0.25, 0.3) is 0 Å². The van der Waals surface area contributed by atoms with E-state index in [9.17, 15) is 4.39 Å². The molecule has 18 heavy (non-hydrogen) atoms. The van der Waals surface area contributed by atoms with Gasteiger partial charge in [-0.3, -0.25) is 0 Å². The van der Waals surface area contributed by atoms with E-state index in [1.54, 1.807) is 6.07 Å². The molecular formula is C14H19BrFNO. The molecule has 1 fully saturated rings. The van der Waals surface area contributed by atoms with Gasteiger partial charge >= 0.3 is 0 Å². The summed E-state index contributed by atoms with van der Waals surface area (Å²) in [6.07, 6.45) is 2.36. The number of piperidine rings is 1. The Hall–Kier alpha value is -0.610. The van der Waals surface area contributed by atoms with E-state index in [4.69, 9.17) is 4.74 Å². The van der Waals surface area contributed by atoms with Crippen molar-refractivity contribution in [2.45, 2.75) is 31.2 Å². The highest BCUT2D eigenvalue weighted by molar-refractivity contribution is 9.08. The van der Waals surface area contributed by atoms with Gasteiger partial charge in [0.2, 0.25) is 0 Å². The van der Waals surface area contributed by atoms with E-state index in [2.05, 4.69) is 20.8 Å². The average molecular weight is 316 g/mol. The molecule has 1 aromatic carbocycles. The zero-order chi connectivity index (χ0) is 13.0. The molecule has 0 bridgehead atoms. The molecule has 0 aromatic heterocycles. The number of ether oxygens (including phenoxy) is 1. The van der Waals surface area contributed by atoms with Crippen molar-refractivity contribution in [3.8, 4) is 0 Å². The number of nitrogens with zero attached hydrogens (tertiary/aromatic N) is 1. The molecule has 1 aliphatic rings. The van der Waals surface area contributed by atoms with E-state index in [1.165, 1.54) is 6.07 Å². The summed E-state index contributed by atoms with van der Waals surface area (Å²) >= 11 is 3.43. The highest BCUT2D eigenvalue weighted by atomic mass is 79.9. The molecule has 0 N–H and O–H groups in total. The highest BCUT2D eigenvalue weighted by Gasteiger charge is 2.23. The molecular weight excluding hydrogens is 297 g/mol. The lowest BCUT2D eigenvalue weighted by molar-refractivity contribution is 0.0525. The third kappa shape index (κ3) is 3.04. The molecule has 4 heteroatoms. The van der Waals surface area contributed by atoms with E-state index in [0.29, 0.717) is 5.33 Å². The number of para-hydroxylation sites is 1. The van der Waals surface area contributed by atoms with Crippen molar-refractivity contribution >= 4 is 21.6 Å². The smallest absolute Gasteiger partial charge is 0.146 e. The van der Waals surface area contributed by atoms with Gasteiger partial charge in [0.05, 0.1) is 11.8 Å². The normalized spacial score (nSPS) is 20.2. The van der Waals surface area contributed by atoms with Crippen molar-refractivity contribution in [1.29, 1.82) is 0 Å². The van der Waals surface area contributed by atoms with Gasteiger partial charge in [-0.05, 0) is 31.4 Å². The maximum Gasteiger partial charge on any atom is 0.146 e. The standard InChI is InChI=1S/C14H19BrFNO/c1-2-18-12-6-4-8-17(10-12)14-11(9-15)5-3-7-13(14)16/h3,5,7,12H,2,4,6,8-10H2,1H3. The summed E-state index contributed by atoms with van der Waals surface area (Å²) in [7, 11) is 0. The van der Waals surface area contributed by atoms with Gasteiger partial charge in [0.1, 0.15) is 5.82 Å². The van der Waals surface area contributed by atoms with E-state index in [1.807, 2.05) is 13.0 Å². The number of benzene rings is 1. The Balaban J connectivity index is 2.20. The quantitative estimate of drug-likeness (QED) is 0.785. The highest BCUT2D eigenvalue weighted by Crippen LogP contribution is 2.29. The molecule has 1 unspecified atom stereocenters. The van der Waals surface area contributed by atoms with Crippen LogP contribution >= 0.6 is 15.9 Å². The molecule has 1 aromatic rings. The van der Waals surface area contributed by atoms with Gasteiger partial charge in [-0.15, -0.1) is 0 Å². The molecule has 2 rings (SSSR count). The van der Waals surface area contributed by atoms with Crippen LogP contribution in [0.2, 0.25) is 0 Å². The fraction of sp³-hybridized carbons (Fsp3) is 0.571. The third-order valence-corrected chi connectivity index (χ3v) is 3.92. The van der Waals surface area contributed by atoms with Crippen LogP contribution in [0.4, 0.5) is 10.1 Å². The zero-order valence-electron chi connectivity index (χ0n) is 10.7. The summed E-state index contributed by atoms with van der Waals surface area (Å²) in [5, 5.41) is 0.676. The topological polar surface area (TPSA) is 12.5 Å². The fourth-order valence-electron chi connectivity index (χ4n) is 2.54. The molecule has 0 spiro atoms. The number of rotatable bonds is 4. The van der Waals surface area contributed by atoms with Gasteiger partial charge in [0.25, 0.3) is 0 Å². The van der Waals surface area contributed by atoms with E-state index >= 15 is 0 Å². The summed E-state index contributed by atoms with van der Waals surface area (Å²) in [6.45, 7) is 4.42. The van der Waals surface area contributed by atoms with Crippen LogP contribution < -0.4 is 4.90 Å². The van der Waals surface area contributed by atoms with Gasteiger partial charge in [0, 0.05) is 25.0 Å². The van der Waals surface area contributed by atoms with Crippen molar-refractivity contribution in [3.63, 3.8) is 0 Å². The van der Waals surface area contributed by atoms with Crippen molar-refractivity contribution in [3.05, 3.63) is 29.6 Å². The lowest BCUT2D eigenvalue weighted by Crippen LogP contribution is -2.40. The van der Waals surface area contributed by atoms with Crippen LogP contribution in [0.15, 0.2) is 18.2 Å². The minimum atomic E-state index is -0.135. The number of hydrogen-bond acceptors (Lipinski definition) is 2. The average Bonchev–Trinajstić information content (AvgIpc) is 2.39. The first kappa shape index (κ1) is 13.8. The molecule has 0 radical (unpaired) electrons. The molecule has 1 heterocycles. The third-order valence-electron chi connectivity index (χ3n) is 3.31. The Labute approximate surface area is 116 Å². The minimum Gasteiger partial charge on any atom is -0.377 e. The number of anilines is 1. The fourth-order valence-corrected chi connectivity index (χ4v) is 2.99. The van der Waals surface area contributed by atoms with Crippen LogP contribution in [0.3, 0.4) is 0 Å². The van der Waals surface area contributed by atoms with Gasteiger partial charge in [-0.25, -0.2) is 4.39 Å². The second kappa shape index (κ2) is 6.53. The maximum atomic E-state index is 14.0. The monoisotopic (exact) mass is 315 g/mol. The second-order valence-corrected chi connectivity index (χ2v) is 5.11. The molecule has 1 atom stereocenters. The first-order chi connectivity index (χ1) is 8.76. The summed E-state index contributed by atoms with van der Waals surface area (Å²) in [4.78, 5) is 2.12. The van der Waals surface area contributed by atoms with Crippen LogP contribution in [-0.2, 0) is 10.1 Å². The predicted molar refractivity (Wildman–Crippen MR) is 75.9 cm³/mol. The lowest BCUT2D eigenvalue weighted by Gasteiger charge is -2.35. The van der Waals surface area contributed by atoms with Crippen molar-refractivity contribution in [2.75, 3.05) is 24.6 Å². The Morgan fingerprint density at radius 3 is 3.06 bits per heavy atom. The molecule has 1 aliphatic heterocycles. The first-order valence-corrected chi connectivity index (χ1v) is 7.58. The second-order valence-electron chi connectivity index (χ2n) is 4.55. The van der Waals surface area contributed by atoms with Crippen LogP contribution in [0.5, 0.6) is 0 Å². The molecule has 0 saturated carbocycles. The van der Waals surface area contributed by atoms with Gasteiger partial charge in [-0.2, -0.15) is 0 Å². The number of hydrogen-bond donors (Lipinski definition) is 0. The molecule has 100 valence electrons. The van der Waals surface area contributed by atoms with Gasteiger partial charge in [-0.1, -0.05) is 28.1 Å². The predicted octanol–water partition coefficient (Wildman–Crippen LogP) is 3.73. The largest absolute Gasteiger partial charge is 0.377 e. The van der Waals surface area contributed by atoms with E-state index in [-0.39, 0.29) is 11.9 Å². The number of halogens is 2. The van der Waals surface area contributed by atoms with Crippen molar-refractivity contribution in [2.24, 2.45) is 0 Å². The Morgan fingerprint density at radius 2 is 2.33 bits per heavy atom. The Morgan fingerprint density at radius 1 is 1.50 bits per heavy atom.